The third-order valence-corrected chi connectivity index (χ3v) is 16.0. The van der Waals surface area contributed by atoms with Crippen LogP contribution in [0.1, 0.15) is 70.3 Å². The fraction of sp³-hybridized carbons (Fsp3) is 0.622. The van der Waals surface area contributed by atoms with Crippen LogP contribution >= 0.6 is 0 Å². The molecule has 14 heteroatoms. The van der Waals surface area contributed by atoms with Gasteiger partial charge in [0.25, 0.3) is 0 Å². The van der Waals surface area contributed by atoms with Crippen molar-refractivity contribution in [2.24, 2.45) is 17.8 Å². The standard InChI is InChI=1S/C45H61F2N5O6S/c1-33(53)48-29-45(36-10-7-11-37(46)26-36,41-12-6-9-34(41)25-43(55)58-2)35-18-23-50(24-19-35)30-44(47)31-52(32-44)38-14-16-39(17-15-38)59(56,57)40-27-51(28-40)42(54)13-8-22-49-20-4-3-5-21-49/h7-8,10-11,13-17,26,34-35,40-41H,3-6,9,12,18-25,27-32H2,1-2H3,(H,48,53)/b13-8+/t34-,41+,45+/m1/s1. The number of carbonyl (C=O) groups excluding carboxylic acids is 3. The minimum atomic E-state index is -3.62. The Labute approximate surface area is 348 Å². The number of likely N-dealkylation sites (tertiary alicyclic amines) is 3. The molecule has 4 saturated heterocycles. The topological polar surface area (TPSA) is 120 Å². The molecule has 4 aliphatic heterocycles. The van der Waals surface area contributed by atoms with Crippen LogP contribution in [0.25, 0.3) is 0 Å². The molecule has 3 atom stereocenters. The van der Waals surface area contributed by atoms with Crippen molar-refractivity contribution >= 4 is 33.3 Å². The summed E-state index contributed by atoms with van der Waals surface area (Å²) in [6, 6.07) is 13.3. The number of alkyl halides is 1. The third kappa shape index (κ3) is 9.70. The average molecular weight is 838 g/mol. The van der Waals surface area contributed by atoms with E-state index < -0.39 is 26.2 Å². The van der Waals surface area contributed by atoms with Crippen LogP contribution in [0.5, 0.6) is 0 Å². The van der Waals surface area contributed by atoms with Crippen LogP contribution in [0.2, 0.25) is 0 Å². The van der Waals surface area contributed by atoms with Crippen LogP contribution in [0.15, 0.2) is 65.6 Å². The molecule has 0 radical (unpaired) electrons. The lowest BCUT2D eigenvalue weighted by Crippen LogP contribution is -2.64. The molecule has 0 spiro atoms. The smallest absolute Gasteiger partial charge is 0.305 e. The minimum Gasteiger partial charge on any atom is -0.469 e. The molecule has 2 amide bonds. The number of sulfone groups is 1. The summed E-state index contributed by atoms with van der Waals surface area (Å²) < 4.78 is 63.1. The van der Waals surface area contributed by atoms with Crippen molar-refractivity contribution in [2.75, 3.05) is 84.0 Å². The number of anilines is 1. The number of piperidine rings is 2. The predicted molar refractivity (Wildman–Crippen MR) is 223 cm³/mol. The molecule has 0 bridgehead atoms. The van der Waals surface area contributed by atoms with Crippen LogP contribution in [0, 0.1) is 23.6 Å². The highest BCUT2D eigenvalue weighted by atomic mass is 32.2. The third-order valence-electron chi connectivity index (χ3n) is 13.9. The molecular weight excluding hydrogens is 777 g/mol. The number of ether oxygens (including phenoxy) is 1. The predicted octanol–water partition coefficient (Wildman–Crippen LogP) is 5.15. The fourth-order valence-electron chi connectivity index (χ4n) is 10.8. The van der Waals surface area contributed by atoms with Gasteiger partial charge in [-0.25, -0.2) is 17.2 Å². The second-order valence-electron chi connectivity index (χ2n) is 17.8. The van der Waals surface area contributed by atoms with E-state index in [-0.39, 0.29) is 85.4 Å². The number of carbonyl (C=O) groups is 3. The maximum absolute atomic E-state index is 16.3. The molecule has 59 heavy (non-hydrogen) atoms. The minimum absolute atomic E-state index is 0.0232. The number of methoxy groups -OCH3 is 1. The molecule has 2 aromatic rings. The Kier molecular flexibility index (Phi) is 13.5. The molecule has 322 valence electrons. The van der Waals surface area contributed by atoms with E-state index >= 15 is 4.39 Å². The Morgan fingerprint density at radius 3 is 2.31 bits per heavy atom. The largest absolute Gasteiger partial charge is 0.469 e. The van der Waals surface area contributed by atoms with Crippen LogP contribution in [0.3, 0.4) is 0 Å². The van der Waals surface area contributed by atoms with E-state index in [4.69, 9.17) is 4.74 Å². The van der Waals surface area contributed by atoms with Gasteiger partial charge in [0.2, 0.25) is 11.8 Å². The molecule has 1 N–H and O–H groups in total. The summed E-state index contributed by atoms with van der Waals surface area (Å²) >= 11 is 0. The summed E-state index contributed by atoms with van der Waals surface area (Å²) in [4.78, 5) is 45.8. The Morgan fingerprint density at radius 2 is 1.64 bits per heavy atom. The molecule has 7 rings (SSSR count). The Bertz CT molecular complexity index is 1940. The van der Waals surface area contributed by atoms with Gasteiger partial charge in [0.15, 0.2) is 15.5 Å². The molecule has 5 fully saturated rings. The van der Waals surface area contributed by atoms with Gasteiger partial charge >= 0.3 is 5.97 Å². The Morgan fingerprint density at radius 1 is 0.932 bits per heavy atom. The van der Waals surface area contributed by atoms with Gasteiger partial charge in [-0.15, -0.1) is 0 Å². The van der Waals surface area contributed by atoms with Gasteiger partial charge in [-0.3, -0.25) is 24.2 Å². The molecule has 2 aromatic carbocycles. The van der Waals surface area contributed by atoms with Gasteiger partial charge < -0.3 is 19.9 Å². The number of rotatable bonds is 15. The normalized spacial score (nSPS) is 24.3. The number of benzene rings is 2. The average Bonchev–Trinajstić information content (AvgIpc) is 3.65. The summed E-state index contributed by atoms with van der Waals surface area (Å²) in [7, 11) is -2.23. The first-order valence-electron chi connectivity index (χ1n) is 21.5. The molecule has 5 aliphatic rings. The summed E-state index contributed by atoms with van der Waals surface area (Å²) in [5, 5.41) is 2.44. The number of hydrogen-bond donors (Lipinski definition) is 1. The van der Waals surface area contributed by atoms with Crippen molar-refractivity contribution in [1.29, 1.82) is 0 Å². The highest BCUT2D eigenvalue weighted by Gasteiger charge is 2.53. The Balaban J connectivity index is 0.934. The number of nitrogens with zero attached hydrogens (tertiary/aromatic N) is 4. The van der Waals surface area contributed by atoms with E-state index in [9.17, 15) is 27.2 Å². The van der Waals surface area contributed by atoms with E-state index in [0.29, 0.717) is 19.6 Å². The zero-order chi connectivity index (χ0) is 41.8. The lowest BCUT2D eigenvalue weighted by atomic mass is 9.57. The summed E-state index contributed by atoms with van der Waals surface area (Å²) in [5.74, 6) is -0.820. The number of nitrogens with one attached hydrogen (secondary N) is 1. The Hall–Kier alpha value is -3.88. The van der Waals surface area contributed by atoms with Crippen LogP contribution < -0.4 is 10.2 Å². The van der Waals surface area contributed by atoms with E-state index in [1.165, 1.54) is 39.4 Å². The second-order valence-corrected chi connectivity index (χ2v) is 20.0. The van der Waals surface area contributed by atoms with Gasteiger partial charge in [-0.1, -0.05) is 31.1 Å². The van der Waals surface area contributed by atoms with Gasteiger partial charge in [-0.2, -0.15) is 0 Å². The summed E-state index contributed by atoms with van der Waals surface area (Å²) in [6.07, 6.45) is 11.4. The van der Waals surface area contributed by atoms with E-state index in [2.05, 4.69) is 15.1 Å². The van der Waals surface area contributed by atoms with Crippen molar-refractivity contribution in [1.82, 2.24) is 20.0 Å². The van der Waals surface area contributed by atoms with Crippen molar-refractivity contribution in [2.45, 2.75) is 85.9 Å². The summed E-state index contributed by atoms with van der Waals surface area (Å²) in [5.41, 5.74) is -0.461. The maximum atomic E-state index is 16.3. The molecule has 0 aromatic heterocycles. The highest BCUT2D eigenvalue weighted by Crippen LogP contribution is 2.53. The number of amides is 2. The lowest BCUT2D eigenvalue weighted by molar-refractivity contribution is -0.142. The fourth-order valence-corrected chi connectivity index (χ4v) is 12.4. The quantitative estimate of drug-likeness (QED) is 0.192. The van der Waals surface area contributed by atoms with E-state index in [0.717, 1.165) is 63.0 Å². The zero-order valence-electron chi connectivity index (χ0n) is 34.6. The van der Waals surface area contributed by atoms with Gasteiger partial charge in [-0.05, 0) is 124 Å². The SMILES string of the molecule is COC(=O)C[C@H]1CCC[C@@H]1[C@](CNC(C)=O)(c1cccc(F)c1)C1CCN(CC2(F)CN(c3ccc(S(=O)(=O)C4CN(C(=O)/C=C/CN5CCCCC5)C4)cc3)C2)CC1. The highest BCUT2D eigenvalue weighted by molar-refractivity contribution is 7.92. The van der Waals surface area contributed by atoms with Crippen LogP contribution in [0.4, 0.5) is 14.5 Å². The zero-order valence-corrected chi connectivity index (χ0v) is 35.4. The van der Waals surface area contributed by atoms with Crippen LogP contribution in [-0.2, 0) is 34.4 Å². The van der Waals surface area contributed by atoms with Gasteiger partial charge in [0.1, 0.15) is 11.1 Å². The van der Waals surface area contributed by atoms with Gasteiger partial charge in [0, 0.05) is 63.2 Å². The number of hydrogen-bond acceptors (Lipinski definition) is 9. The molecule has 1 saturated carbocycles. The molecule has 1 aliphatic carbocycles. The summed E-state index contributed by atoms with van der Waals surface area (Å²) in [6.45, 7) is 6.92. The molecule has 4 heterocycles. The molecular formula is C45H61F2N5O6S. The molecule has 0 unspecified atom stereocenters. The lowest BCUT2D eigenvalue weighted by Gasteiger charge is -2.52. The van der Waals surface area contributed by atoms with E-state index in [1.807, 2.05) is 17.0 Å². The van der Waals surface area contributed by atoms with Crippen molar-refractivity contribution in [3.8, 4) is 0 Å². The first-order chi connectivity index (χ1) is 28.3. The van der Waals surface area contributed by atoms with Crippen molar-refractivity contribution in [3.05, 3.63) is 72.1 Å². The number of esters is 1. The first-order valence-corrected chi connectivity index (χ1v) is 23.1. The van der Waals surface area contributed by atoms with Crippen molar-refractivity contribution < 1.29 is 36.3 Å². The van der Waals surface area contributed by atoms with Crippen molar-refractivity contribution in [3.63, 3.8) is 0 Å². The molecule has 11 nitrogen and oxygen atoms in total. The second kappa shape index (κ2) is 18.4. The van der Waals surface area contributed by atoms with E-state index in [1.54, 1.807) is 47.4 Å². The first kappa shape index (κ1) is 43.2. The van der Waals surface area contributed by atoms with Crippen LogP contribution in [-0.4, -0.2) is 131 Å². The van der Waals surface area contributed by atoms with Gasteiger partial charge in [0.05, 0.1) is 25.1 Å². The number of halogens is 2. The monoisotopic (exact) mass is 837 g/mol. The maximum Gasteiger partial charge on any atom is 0.305 e.